The molecule has 0 saturated carbocycles. The highest BCUT2D eigenvalue weighted by molar-refractivity contribution is 5.50. The number of ether oxygens (including phenoxy) is 1. The van der Waals surface area contributed by atoms with E-state index >= 15 is 0 Å². The lowest BCUT2D eigenvalue weighted by molar-refractivity contribution is 0.349. The van der Waals surface area contributed by atoms with Gasteiger partial charge in [-0.3, -0.25) is 5.11 Å². The predicted octanol–water partition coefficient (Wildman–Crippen LogP) is 2.07. The van der Waals surface area contributed by atoms with Crippen LogP contribution in [0.4, 0.5) is 0 Å². The number of hydrogen-bond acceptors (Lipinski definition) is 1. The molecule has 2 heteroatoms. The molecule has 1 aromatic rings. The molecule has 57 valence electrons. The lowest BCUT2D eigenvalue weighted by Crippen LogP contribution is -1.87. The Morgan fingerprint density at radius 1 is 1.45 bits per heavy atom. The van der Waals surface area contributed by atoms with Gasteiger partial charge in [0, 0.05) is 12.0 Å². The monoisotopic (exact) mass is 149 g/mol. The summed E-state index contributed by atoms with van der Waals surface area (Å²) in [5.74, 6) is 0.931. The van der Waals surface area contributed by atoms with E-state index in [9.17, 15) is 5.11 Å². The number of fused-ring (bicyclic) bond motifs is 1. The van der Waals surface area contributed by atoms with Gasteiger partial charge in [-0.15, -0.1) is 0 Å². The molecule has 1 radical (unpaired) electrons. The minimum atomic E-state index is 0.114. The molecule has 0 aromatic heterocycles. The Labute approximate surface area is 65.4 Å². The van der Waals surface area contributed by atoms with Gasteiger partial charge in [0.2, 0.25) is 0 Å². The van der Waals surface area contributed by atoms with Crippen LogP contribution in [0.15, 0.2) is 12.1 Å². The molecule has 0 amide bonds. The molecule has 1 heterocycles. The summed E-state index contributed by atoms with van der Waals surface area (Å²) in [5, 5.41) is 11.2. The van der Waals surface area contributed by atoms with Crippen molar-refractivity contribution in [2.45, 2.75) is 13.3 Å². The average molecular weight is 149 g/mol. The van der Waals surface area contributed by atoms with Crippen LogP contribution < -0.4 is 4.74 Å². The third kappa shape index (κ3) is 0.862. The van der Waals surface area contributed by atoms with E-state index < -0.39 is 0 Å². The standard InChI is InChI=1S/C9H9O2/c1-6-2-3-8(10)7-4-5-11-9(6)7/h2-3H,4-5H2,1H3. The molecule has 0 aliphatic carbocycles. The highest BCUT2D eigenvalue weighted by Crippen LogP contribution is 2.35. The predicted molar refractivity (Wildman–Crippen MR) is 40.5 cm³/mol. The van der Waals surface area contributed by atoms with Gasteiger partial charge in [-0.2, -0.15) is 0 Å². The topological polar surface area (TPSA) is 29.1 Å². The van der Waals surface area contributed by atoms with E-state index in [1.807, 2.05) is 13.0 Å². The average Bonchev–Trinajstić information content (AvgIpc) is 2.45. The molecular formula is C9H9O2. The van der Waals surface area contributed by atoms with Gasteiger partial charge in [-0.25, -0.2) is 0 Å². The summed E-state index contributed by atoms with van der Waals surface area (Å²) in [6, 6.07) is 3.43. The van der Waals surface area contributed by atoms with Crippen molar-refractivity contribution in [3.05, 3.63) is 23.3 Å². The first-order valence-electron chi connectivity index (χ1n) is 3.71. The smallest absolute Gasteiger partial charge is 0.185 e. The first-order chi connectivity index (χ1) is 5.29. The molecule has 2 rings (SSSR count). The van der Waals surface area contributed by atoms with Gasteiger partial charge in [-0.05, 0) is 18.6 Å². The quantitative estimate of drug-likeness (QED) is 0.555. The highest BCUT2D eigenvalue weighted by atomic mass is 16.5. The molecule has 0 fully saturated rings. The Bertz CT molecular complexity index is 263. The molecule has 1 aromatic carbocycles. The van der Waals surface area contributed by atoms with Crippen LogP contribution in [0.1, 0.15) is 11.1 Å². The van der Waals surface area contributed by atoms with Gasteiger partial charge in [0.25, 0.3) is 0 Å². The maximum Gasteiger partial charge on any atom is 0.185 e. The first kappa shape index (κ1) is 6.53. The van der Waals surface area contributed by atoms with E-state index in [0.717, 1.165) is 23.3 Å². The summed E-state index contributed by atoms with van der Waals surface area (Å²) in [6.07, 6.45) is 0.774. The Hall–Kier alpha value is -1.18. The van der Waals surface area contributed by atoms with Crippen molar-refractivity contribution in [2.75, 3.05) is 6.61 Å². The summed E-state index contributed by atoms with van der Waals surface area (Å²) in [6.45, 7) is 2.62. The minimum absolute atomic E-state index is 0.114. The van der Waals surface area contributed by atoms with Crippen LogP contribution in [0.2, 0.25) is 0 Å². The lowest BCUT2D eigenvalue weighted by atomic mass is 10.1. The fourth-order valence-electron chi connectivity index (χ4n) is 1.42. The number of aryl methyl sites for hydroxylation is 1. The van der Waals surface area contributed by atoms with Crippen molar-refractivity contribution in [1.82, 2.24) is 0 Å². The van der Waals surface area contributed by atoms with Crippen LogP contribution in [0.25, 0.3) is 0 Å². The molecule has 0 N–H and O–H groups in total. The summed E-state index contributed by atoms with van der Waals surface area (Å²) in [7, 11) is 0. The number of hydrogen-bond donors (Lipinski definition) is 0. The fraction of sp³-hybridized carbons (Fsp3) is 0.333. The van der Waals surface area contributed by atoms with Crippen molar-refractivity contribution in [3.63, 3.8) is 0 Å². The number of rotatable bonds is 0. The van der Waals surface area contributed by atoms with Crippen molar-refractivity contribution in [2.24, 2.45) is 0 Å². The second-order valence-corrected chi connectivity index (χ2v) is 2.79. The maximum atomic E-state index is 11.2. The van der Waals surface area contributed by atoms with E-state index in [4.69, 9.17) is 4.74 Å². The SMILES string of the molecule is Cc1ccc([O])c2c1OCC2. The third-order valence-corrected chi connectivity index (χ3v) is 2.01. The van der Waals surface area contributed by atoms with Gasteiger partial charge in [0.05, 0.1) is 6.61 Å². The third-order valence-electron chi connectivity index (χ3n) is 2.01. The second kappa shape index (κ2) is 2.16. The molecule has 0 unspecified atom stereocenters. The molecule has 2 nitrogen and oxygen atoms in total. The Balaban J connectivity index is 2.64. The summed E-state index contributed by atoms with van der Waals surface area (Å²) >= 11 is 0. The van der Waals surface area contributed by atoms with Crippen LogP contribution in [0, 0.1) is 6.92 Å². The fourth-order valence-corrected chi connectivity index (χ4v) is 1.42. The maximum absolute atomic E-state index is 11.2. The normalized spacial score (nSPS) is 14.3. The zero-order valence-electron chi connectivity index (χ0n) is 6.39. The lowest BCUT2D eigenvalue weighted by Gasteiger charge is -2.02. The van der Waals surface area contributed by atoms with Gasteiger partial charge < -0.3 is 4.74 Å². The largest absolute Gasteiger partial charge is 0.493 e. The van der Waals surface area contributed by atoms with Crippen molar-refractivity contribution in [1.29, 1.82) is 0 Å². The minimum Gasteiger partial charge on any atom is -0.493 e. The van der Waals surface area contributed by atoms with Crippen LogP contribution >= 0.6 is 0 Å². The van der Waals surface area contributed by atoms with Gasteiger partial charge >= 0.3 is 0 Å². The second-order valence-electron chi connectivity index (χ2n) is 2.79. The highest BCUT2D eigenvalue weighted by Gasteiger charge is 2.18. The molecule has 0 spiro atoms. The van der Waals surface area contributed by atoms with Gasteiger partial charge in [0.1, 0.15) is 5.75 Å². The molecule has 1 aliphatic heterocycles. The number of benzene rings is 1. The van der Waals surface area contributed by atoms with E-state index in [1.165, 1.54) is 0 Å². The molecule has 0 bridgehead atoms. The van der Waals surface area contributed by atoms with Crippen LogP contribution in [-0.4, -0.2) is 6.61 Å². The van der Waals surface area contributed by atoms with E-state index in [-0.39, 0.29) is 5.75 Å². The first-order valence-corrected chi connectivity index (χ1v) is 3.71. The molecule has 11 heavy (non-hydrogen) atoms. The zero-order chi connectivity index (χ0) is 7.84. The van der Waals surface area contributed by atoms with E-state index in [0.29, 0.717) is 6.61 Å². The zero-order valence-corrected chi connectivity index (χ0v) is 6.39. The summed E-state index contributed by atoms with van der Waals surface area (Å²) < 4.78 is 5.31. The molecule has 0 saturated heterocycles. The Morgan fingerprint density at radius 2 is 2.27 bits per heavy atom. The Morgan fingerprint density at radius 3 is 3.00 bits per heavy atom. The van der Waals surface area contributed by atoms with E-state index in [2.05, 4.69) is 0 Å². The summed E-state index contributed by atoms with van der Waals surface area (Å²) in [5.41, 5.74) is 1.92. The van der Waals surface area contributed by atoms with Gasteiger partial charge in [0.15, 0.2) is 5.75 Å². The van der Waals surface area contributed by atoms with Crippen LogP contribution in [-0.2, 0) is 11.5 Å². The Kier molecular flexibility index (Phi) is 1.28. The van der Waals surface area contributed by atoms with Crippen molar-refractivity contribution < 1.29 is 9.84 Å². The van der Waals surface area contributed by atoms with Crippen LogP contribution in [0.3, 0.4) is 0 Å². The van der Waals surface area contributed by atoms with Crippen molar-refractivity contribution in [3.8, 4) is 11.5 Å². The van der Waals surface area contributed by atoms with Crippen LogP contribution in [0.5, 0.6) is 11.5 Å². The molecule has 1 aliphatic rings. The molecular weight excluding hydrogens is 140 g/mol. The van der Waals surface area contributed by atoms with Crippen molar-refractivity contribution >= 4 is 0 Å². The summed E-state index contributed by atoms with van der Waals surface area (Å²) in [4.78, 5) is 0. The molecule has 0 atom stereocenters. The van der Waals surface area contributed by atoms with Gasteiger partial charge in [-0.1, -0.05) is 6.07 Å². The van der Waals surface area contributed by atoms with E-state index in [1.54, 1.807) is 6.07 Å².